The van der Waals surface area contributed by atoms with Gasteiger partial charge >= 0.3 is 6.01 Å². The molecule has 4 aliphatic rings. The van der Waals surface area contributed by atoms with Crippen molar-refractivity contribution in [3.05, 3.63) is 65.9 Å². The second kappa shape index (κ2) is 14.1. The van der Waals surface area contributed by atoms with Crippen molar-refractivity contribution in [3.8, 4) is 24.1 Å². The summed E-state index contributed by atoms with van der Waals surface area (Å²) in [7, 11) is 0. The minimum atomic E-state index is -1.08. The molecule has 2 aromatic heterocycles. The van der Waals surface area contributed by atoms with Crippen molar-refractivity contribution in [1.29, 1.82) is 0 Å². The van der Waals surface area contributed by atoms with Crippen LogP contribution in [0, 0.1) is 18.2 Å². The van der Waals surface area contributed by atoms with Gasteiger partial charge < -0.3 is 29.5 Å². The first kappa shape index (κ1) is 33.5. The maximum Gasteiger partial charge on any atom is 0.318 e. The van der Waals surface area contributed by atoms with Crippen LogP contribution >= 0.6 is 0 Å². The summed E-state index contributed by atoms with van der Waals surface area (Å²) >= 11 is 0. The van der Waals surface area contributed by atoms with Crippen LogP contribution in [-0.2, 0) is 17.6 Å². The molecule has 13 heteroatoms. The number of aromatic nitrogens is 4. The van der Waals surface area contributed by atoms with Crippen molar-refractivity contribution < 1.29 is 23.0 Å². The van der Waals surface area contributed by atoms with Gasteiger partial charge in [0.05, 0.1) is 35.1 Å². The molecule has 1 aromatic carbocycles. The molecule has 1 amide bonds. The molecular formula is C37H42F2N8O3. The highest BCUT2D eigenvalue weighted by Crippen LogP contribution is 2.41. The Balaban J connectivity index is 1.22. The maximum absolute atomic E-state index is 14.9. The number of halogens is 2. The quantitative estimate of drug-likeness (QED) is 0.274. The van der Waals surface area contributed by atoms with Gasteiger partial charge in [0.2, 0.25) is 11.9 Å². The lowest BCUT2D eigenvalue weighted by molar-refractivity contribution is -0.117. The van der Waals surface area contributed by atoms with Crippen molar-refractivity contribution in [1.82, 2.24) is 25.3 Å². The maximum atomic E-state index is 14.9. The number of alkyl halides is 1. The third kappa shape index (κ3) is 6.63. The van der Waals surface area contributed by atoms with Crippen LogP contribution in [0.1, 0.15) is 55.8 Å². The van der Waals surface area contributed by atoms with Gasteiger partial charge in [-0.3, -0.25) is 4.79 Å². The summed E-state index contributed by atoms with van der Waals surface area (Å²) < 4.78 is 42.8. The van der Waals surface area contributed by atoms with Crippen LogP contribution in [0.2, 0.25) is 0 Å². The van der Waals surface area contributed by atoms with E-state index in [1.807, 2.05) is 17.9 Å². The number of terminal acetylenes is 1. The van der Waals surface area contributed by atoms with Crippen LogP contribution in [-0.4, -0.2) is 89.0 Å². The fraction of sp³-hybridized carbons (Fsp3) is 0.486. The highest BCUT2D eigenvalue weighted by Gasteiger charge is 2.45. The largest absolute Gasteiger partial charge is 0.486 e. The molecule has 4 aliphatic heterocycles. The molecule has 11 nitrogen and oxygen atoms in total. The number of aryl methyl sites for hydroxylation is 1. The number of anilines is 3. The van der Waals surface area contributed by atoms with E-state index in [0.717, 1.165) is 43.4 Å². The number of hydrogen-bond donors (Lipinski definition) is 1. The summed E-state index contributed by atoms with van der Waals surface area (Å²) in [6.07, 6.45) is 14.4. The Hall–Kier alpha value is -4.99. The normalized spacial score (nSPS) is 24.7. The molecule has 262 valence electrons. The van der Waals surface area contributed by atoms with Gasteiger partial charge in [-0.25, -0.2) is 18.7 Å². The number of nitrogens with zero attached hydrogens (tertiary/aromatic N) is 7. The predicted octanol–water partition coefficient (Wildman–Crippen LogP) is 4.19. The van der Waals surface area contributed by atoms with Crippen molar-refractivity contribution >= 4 is 23.4 Å². The van der Waals surface area contributed by atoms with E-state index in [0.29, 0.717) is 55.9 Å². The average molecular weight is 685 g/mol. The number of carbonyl (C=O) groups excluding carboxylic acids is 1. The summed E-state index contributed by atoms with van der Waals surface area (Å²) in [6, 6.07) is 4.85. The van der Waals surface area contributed by atoms with E-state index in [9.17, 15) is 13.6 Å². The molecule has 0 saturated carbocycles. The second-order valence-electron chi connectivity index (χ2n) is 13.7. The number of nitrogens with one attached hydrogen (secondary N) is 1. The standard InChI is InChI=1S/C37H42F2N8O3/c1-4-28-29(39)13-12-24-10-8-17-46(32(24)28)27-18-30-33(49-22-27)34(45-16-7-6-11-26(21-45)42-31(48)5-2)44-36(43-30)50-23-37(3)19-25(38)20-47(37)35-40-14-9-15-41-35/h1,5,9,12-15,25-27H,2,6-8,10-11,16-23H2,3H3,(H,42,48)/t25-,26?,27-,37+/m1/s1. The Morgan fingerprint density at radius 3 is 2.86 bits per heavy atom. The average Bonchev–Trinajstić information content (AvgIpc) is 3.27. The van der Waals surface area contributed by atoms with Gasteiger partial charge in [0.25, 0.3) is 0 Å². The van der Waals surface area contributed by atoms with Crippen LogP contribution in [0.15, 0.2) is 43.2 Å². The number of ether oxygens (including phenoxy) is 2. The van der Waals surface area contributed by atoms with Crippen LogP contribution in [0.3, 0.4) is 0 Å². The molecule has 6 heterocycles. The molecule has 3 aromatic rings. The molecular weight excluding hydrogens is 642 g/mol. The van der Waals surface area contributed by atoms with Crippen LogP contribution < -0.4 is 29.5 Å². The van der Waals surface area contributed by atoms with Gasteiger partial charge in [-0.05, 0) is 62.8 Å². The van der Waals surface area contributed by atoms with Gasteiger partial charge in [-0.15, -0.1) is 6.42 Å². The lowest BCUT2D eigenvalue weighted by Crippen LogP contribution is -2.48. The third-order valence-electron chi connectivity index (χ3n) is 10.2. The topological polar surface area (TPSA) is 109 Å². The molecule has 2 fully saturated rings. The molecule has 1 N–H and O–H groups in total. The van der Waals surface area contributed by atoms with Crippen molar-refractivity contribution in [2.45, 2.75) is 75.7 Å². The zero-order chi connectivity index (χ0) is 34.8. The van der Waals surface area contributed by atoms with E-state index in [1.165, 1.54) is 12.1 Å². The van der Waals surface area contributed by atoms with E-state index < -0.39 is 17.5 Å². The van der Waals surface area contributed by atoms with E-state index in [1.54, 1.807) is 18.5 Å². The first-order chi connectivity index (χ1) is 24.3. The summed E-state index contributed by atoms with van der Waals surface area (Å²) in [4.78, 5) is 36.9. The van der Waals surface area contributed by atoms with E-state index in [2.05, 4.69) is 37.6 Å². The van der Waals surface area contributed by atoms with Crippen LogP contribution in [0.5, 0.6) is 11.8 Å². The molecule has 2 saturated heterocycles. The molecule has 0 spiro atoms. The monoisotopic (exact) mass is 684 g/mol. The Morgan fingerprint density at radius 2 is 2.06 bits per heavy atom. The molecule has 0 radical (unpaired) electrons. The zero-order valence-electron chi connectivity index (χ0n) is 28.3. The number of amides is 1. The summed E-state index contributed by atoms with van der Waals surface area (Å²) in [6.45, 7) is 8.02. The highest BCUT2D eigenvalue weighted by atomic mass is 19.1. The molecule has 0 aliphatic carbocycles. The summed E-state index contributed by atoms with van der Waals surface area (Å²) in [5.41, 5.74) is 1.93. The minimum Gasteiger partial charge on any atom is -0.486 e. The second-order valence-corrected chi connectivity index (χ2v) is 13.7. The Morgan fingerprint density at radius 1 is 1.22 bits per heavy atom. The van der Waals surface area contributed by atoms with Crippen molar-refractivity contribution in [3.63, 3.8) is 0 Å². The number of fused-ring (bicyclic) bond motifs is 2. The molecule has 1 unspecified atom stereocenters. The third-order valence-corrected chi connectivity index (χ3v) is 10.2. The van der Waals surface area contributed by atoms with Crippen LogP contribution in [0.4, 0.5) is 26.2 Å². The first-order valence-electron chi connectivity index (χ1n) is 17.3. The number of rotatable bonds is 8. The minimum absolute atomic E-state index is 0.0938. The SMILES string of the molecule is C#Cc1c(F)ccc2c1N([C@H]1COc3c(nc(OC[C@]4(C)C[C@@H](F)CN4c4ncccn4)nc3N3CCCCC(NC(=O)C=C)C3)C1)CCC2. The lowest BCUT2D eigenvalue weighted by atomic mass is 9.94. The Labute approximate surface area is 291 Å². The first-order valence-corrected chi connectivity index (χ1v) is 17.3. The Bertz CT molecular complexity index is 1790. The smallest absolute Gasteiger partial charge is 0.318 e. The fourth-order valence-electron chi connectivity index (χ4n) is 7.78. The number of carbonyl (C=O) groups is 1. The molecule has 0 bridgehead atoms. The fourth-order valence-corrected chi connectivity index (χ4v) is 7.78. The van der Waals surface area contributed by atoms with E-state index in [4.69, 9.17) is 25.9 Å². The number of benzene rings is 1. The van der Waals surface area contributed by atoms with Gasteiger partial charge in [-0.2, -0.15) is 9.97 Å². The number of hydrogen-bond acceptors (Lipinski definition) is 10. The van der Waals surface area contributed by atoms with E-state index >= 15 is 0 Å². The summed E-state index contributed by atoms with van der Waals surface area (Å²) in [5.74, 6) is 3.52. The Kier molecular flexibility index (Phi) is 9.44. The van der Waals surface area contributed by atoms with Gasteiger partial charge in [0, 0.05) is 50.9 Å². The lowest BCUT2D eigenvalue weighted by Gasteiger charge is -2.41. The van der Waals surface area contributed by atoms with Gasteiger partial charge in [-0.1, -0.05) is 18.6 Å². The molecule has 4 atom stereocenters. The van der Waals surface area contributed by atoms with Gasteiger partial charge in [0.1, 0.15) is 25.2 Å². The molecule has 50 heavy (non-hydrogen) atoms. The highest BCUT2D eigenvalue weighted by molar-refractivity contribution is 5.87. The van der Waals surface area contributed by atoms with Gasteiger partial charge in [0.15, 0.2) is 11.6 Å². The van der Waals surface area contributed by atoms with Crippen molar-refractivity contribution in [2.24, 2.45) is 0 Å². The summed E-state index contributed by atoms with van der Waals surface area (Å²) in [5, 5.41) is 3.05. The predicted molar refractivity (Wildman–Crippen MR) is 186 cm³/mol. The van der Waals surface area contributed by atoms with Crippen molar-refractivity contribution in [2.75, 3.05) is 54.1 Å². The van der Waals surface area contributed by atoms with E-state index in [-0.39, 0.29) is 49.1 Å². The zero-order valence-corrected chi connectivity index (χ0v) is 28.3. The molecule has 7 rings (SSSR count). The van der Waals surface area contributed by atoms with Crippen LogP contribution in [0.25, 0.3) is 0 Å².